The van der Waals surface area contributed by atoms with Crippen LogP contribution < -0.4 is 10.2 Å². The molecule has 0 radical (unpaired) electrons. The average Bonchev–Trinajstić information content (AvgIpc) is 3.12. The summed E-state index contributed by atoms with van der Waals surface area (Å²) in [6.07, 6.45) is 2.46. The molecular formula is C15H21N3O2. The van der Waals surface area contributed by atoms with Crippen LogP contribution in [-0.2, 0) is 4.74 Å². The van der Waals surface area contributed by atoms with Gasteiger partial charge in [-0.25, -0.2) is 0 Å². The number of fused-ring (bicyclic) bond motifs is 1. The smallest absolute Gasteiger partial charge is 0.298 e. The van der Waals surface area contributed by atoms with E-state index in [1.165, 1.54) is 12.8 Å². The van der Waals surface area contributed by atoms with Gasteiger partial charge in [0.2, 0.25) is 0 Å². The van der Waals surface area contributed by atoms with Gasteiger partial charge in [0.1, 0.15) is 5.52 Å². The topological polar surface area (TPSA) is 50.5 Å². The minimum Gasteiger partial charge on any atom is -0.423 e. The number of para-hydroxylation sites is 2. The maximum Gasteiger partial charge on any atom is 0.298 e. The van der Waals surface area contributed by atoms with Crippen molar-refractivity contribution in [3.05, 3.63) is 24.3 Å². The van der Waals surface area contributed by atoms with E-state index in [4.69, 9.17) is 9.15 Å². The highest BCUT2D eigenvalue weighted by atomic mass is 16.5. The zero-order chi connectivity index (χ0) is 13.8. The van der Waals surface area contributed by atoms with Crippen molar-refractivity contribution in [2.75, 3.05) is 38.3 Å². The first-order valence-corrected chi connectivity index (χ1v) is 7.19. The summed E-state index contributed by atoms with van der Waals surface area (Å²) in [5.74, 6) is 0. The average molecular weight is 275 g/mol. The van der Waals surface area contributed by atoms with Crippen LogP contribution in [0.1, 0.15) is 12.8 Å². The first-order valence-electron chi connectivity index (χ1n) is 7.19. The molecular weight excluding hydrogens is 254 g/mol. The fourth-order valence-electron chi connectivity index (χ4n) is 2.64. The van der Waals surface area contributed by atoms with Crippen molar-refractivity contribution < 1.29 is 9.15 Å². The number of hydrogen-bond acceptors (Lipinski definition) is 5. The van der Waals surface area contributed by atoms with Crippen LogP contribution in [-0.4, -0.2) is 44.4 Å². The standard InChI is InChI=1S/C15H21N3O2/c1-19-10-9-18(11-12-5-4-8-16-12)15-17-13-6-2-3-7-14(13)20-15/h2-3,6-7,12,16H,4-5,8-11H2,1H3. The second kappa shape index (κ2) is 6.24. The highest BCUT2D eigenvalue weighted by Gasteiger charge is 2.21. The van der Waals surface area contributed by atoms with Gasteiger partial charge < -0.3 is 19.4 Å². The van der Waals surface area contributed by atoms with Crippen LogP contribution in [0.15, 0.2) is 28.7 Å². The fourth-order valence-corrected chi connectivity index (χ4v) is 2.64. The Morgan fingerprint density at radius 2 is 2.35 bits per heavy atom. The summed E-state index contributed by atoms with van der Waals surface area (Å²) in [5.41, 5.74) is 1.74. The Morgan fingerprint density at radius 1 is 1.45 bits per heavy atom. The van der Waals surface area contributed by atoms with Gasteiger partial charge in [0.25, 0.3) is 6.01 Å². The molecule has 1 atom stereocenters. The second-order valence-electron chi connectivity index (χ2n) is 5.20. The van der Waals surface area contributed by atoms with E-state index in [0.717, 1.165) is 30.7 Å². The van der Waals surface area contributed by atoms with Gasteiger partial charge in [0.15, 0.2) is 5.58 Å². The lowest BCUT2D eigenvalue weighted by Gasteiger charge is -2.23. The predicted octanol–water partition coefficient (Wildman–Crippen LogP) is 2.03. The van der Waals surface area contributed by atoms with E-state index in [1.54, 1.807) is 7.11 Å². The van der Waals surface area contributed by atoms with Crippen LogP contribution >= 0.6 is 0 Å². The van der Waals surface area contributed by atoms with Gasteiger partial charge in [-0.2, -0.15) is 4.98 Å². The Kier molecular flexibility index (Phi) is 4.18. The van der Waals surface area contributed by atoms with Crippen LogP contribution in [0.2, 0.25) is 0 Å². The first kappa shape index (κ1) is 13.4. The van der Waals surface area contributed by atoms with Gasteiger partial charge in [-0.1, -0.05) is 12.1 Å². The molecule has 2 heterocycles. The van der Waals surface area contributed by atoms with Gasteiger partial charge in [-0.15, -0.1) is 0 Å². The minimum absolute atomic E-state index is 0.516. The van der Waals surface area contributed by atoms with E-state index in [2.05, 4.69) is 15.2 Å². The number of anilines is 1. The van der Waals surface area contributed by atoms with Crippen molar-refractivity contribution in [1.82, 2.24) is 10.3 Å². The van der Waals surface area contributed by atoms with Crippen molar-refractivity contribution in [2.24, 2.45) is 0 Å². The third kappa shape index (κ3) is 2.94. The zero-order valence-corrected chi connectivity index (χ0v) is 11.8. The molecule has 1 N–H and O–H groups in total. The Bertz CT molecular complexity index is 516. The molecule has 5 nitrogen and oxygen atoms in total. The SMILES string of the molecule is COCCN(CC1CCCN1)c1nc2ccccc2o1. The molecule has 0 spiro atoms. The molecule has 1 fully saturated rings. The van der Waals surface area contributed by atoms with E-state index >= 15 is 0 Å². The van der Waals surface area contributed by atoms with E-state index in [9.17, 15) is 0 Å². The molecule has 1 saturated heterocycles. The largest absolute Gasteiger partial charge is 0.423 e. The van der Waals surface area contributed by atoms with Gasteiger partial charge in [-0.05, 0) is 31.5 Å². The van der Waals surface area contributed by atoms with Crippen molar-refractivity contribution in [1.29, 1.82) is 0 Å². The highest BCUT2D eigenvalue weighted by molar-refractivity contribution is 5.74. The molecule has 20 heavy (non-hydrogen) atoms. The molecule has 1 aromatic carbocycles. The molecule has 1 unspecified atom stereocenters. The fraction of sp³-hybridized carbons (Fsp3) is 0.533. The summed E-state index contributed by atoms with van der Waals surface area (Å²) in [6, 6.07) is 9.08. The summed E-state index contributed by atoms with van der Waals surface area (Å²) in [5, 5.41) is 3.52. The number of nitrogens with one attached hydrogen (secondary N) is 1. The van der Waals surface area contributed by atoms with Crippen LogP contribution in [0.5, 0.6) is 0 Å². The summed E-state index contributed by atoms with van der Waals surface area (Å²) in [7, 11) is 1.72. The van der Waals surface area contributed by atoms with Crippen LogP contribution in [0, 0.1) is 0 Å². The molecule has 0 aliphatic carbocycles. The molecule has 0 saturated carbocycles. The molecule has 1 aromatic heterocycles. The molecule has 0 bridgehead atoms. The predicted molar refractivity (Wildman–Crippen MR) is 79.1 cm³/mol. The third-order valence-electron chi connectivity index (χ3n) is 3.72. The number of benzene rings is 1. The Hall–Kier alpha value is -1.59. The monoisotopic (exact) mass is 275 g/mol. The van der Waals surface area contributed by atoms with Crippen molar-refractivity contribution >= 4 is 17.1 Å². The molecule has 1 aliphatic rings. The minimum atomic E-state index is 0.516. The third-order valence-corrected chi connectivity index (χ3v) is 3.72. The highest BCUT2D eigenvalue weighted by Crippen LogP contribution is 2.22. The number of ether oxygens (including phenoxy) is 1. The molecule has 5 heteroatoms. The molecule has 1 aliphatic heterocycles. The Morgan fingerprint density at radius 3 is 3.10 bits per heavy atom. The number of methoxy groups -OCH3 is 1. The van der Waals surface area contributed by atoms with Crippen LogP contribution in [0.25, 0.3) is 11.1 Å². The Balaban J connectivity index is 1.79. The van der Waals surface area contributed by atoms with E-state index in [-0.39, 0.29) is 0 Å². The lowest BCUT2D eigenvalue weighted by atomic mass is 10.2. The maximum atomic E-state index is 5.87. The first-order chi connectivity index (χ1) is 9.86. The van der Waals surface area contributed by atoms with Gasteiger partial charge >= 0.3 is 0 Å². The lowest BCUT2D eigenvalue weighted by Crippen LogP contribution is -2.39. The number of oxazole rings is 1. The Labute approximate surface area is 118 Å². The quantitative estimate of drug-likeness (QED) is 0.874. The van der Waals surface area contributed by atoms with Crippen LogP contribution in [0.3, 0.4) is 0 Å². The van der Waals surface area contributed by atoms with Gasteiger partial charge in [0, 0.05) is 26.2 Å². The number of nitrogens with zero attached hydrogens (tertiary/aromatic N) is 2. The maximum absolute atomic E-state index is 5.87. The summed E-state index contributed by atoms with van der Waals surface area (Å²) >= 11 is 0. The molecule has 2 aromatic rings. The van der Waals surface area contributed by atoms with Gasteiger partial charge in [-0.3, -0.25) is 0 Å². The van der Waals surface area contributed by atoms with Crippen molar-refractivity contribution in [2.45, 2.75) is 18.9 Å². The number of aromatic nitrogens is 1. The summed E-state index contributed by atoms with van der Waals surface area (Å²) in [4.78, 5) is 6.76. The van der Waals surface area contributed by atoms with E-state index in [1.807, 2.05) is 24.3 Å². The van der Waals surface area contributed by atoms with Gasteiger partial charge in [0.05, 0.1) is 6.61 Å². The van der Waals surface area contributed by atoms with Crippen molar-refractivity contribution in [3.63, 3.8) is 0 Å². The normalized spacial score (nSPS) is 18.8. The zero-order valence-electron chi connectivity index (χ0n) is 11.8. The number of hydrogen-bond donors (Lipinski definition) is 1. The summed E-state index contributed by atoms with van der Waals surface area (Å²) < 4.78 is 11.1. The number of rotatable bonds is 6. The van der Waals surface area contributed by atoms with Crippen molar-refractivity contribution in [3.8, 4) is 0 Å². The lowest BCUT2D eigenvalue weighted by molar-refractivity contribution is 0.203. The second-order valence-corrected chi connectivity index (χ2v) is 5.20. The van der Waals surface area contributed by atoms with E-state index < -0.39 is 0 Å². The molecule has 108 valence electrons. The van der Waals surface area contributed by atoms with E-state index in [0.29, 0.717) is 18.7 Å². The molecule has 3 rings (SSSR count). The molecule has 0 amide bonds. The summed E-state index contributed by atoms with van der Waals surface area (Å²) in [6.45, 7) is 3.49. The van der Waals surface area contributed by atoms with Crippen LogP contribution in [0.4, 0.5) is 6.01 Å².